The summed E-state index contributed by atoms with van der Waals surface area (Å²) in [5.74, 6) is 2.19. The molecular weight excluding hydrogens is 322 g/mol. The summed E-state index contributed by atoms with van der Waals surface area (Å²) < 4.78 is 15.6. The molecule has 1 aromatic rings. The number of aliphatic imine (C=N–C) groups is 1. The Kier molecular flexibility index (Phi) is 7.88. The number of rotatable bonds is 9. The summed E-state index contributed by atoms with van der Waals surface area (Å²) in [7, 11) is 0. The Labute approximate surface area is 148 Å². The van der Waals surface area contributed by atoms with Gasteiger partial charge in [-0.05, 0) is 44.4 Å². The Morgan fingerprint density at radius 2 is 2.08 bits per heavy atom. The highest BCUT2D eigenvalue weighted by atomic mass is 16.7. The van der Waals surface area contributed by atoms with Crippen molar-refractivity contribution in [1.82, 2.24) is 10.6 Å². The fourth-order valence-corrected chi connectivity index (χ4v) is 2.41. The number of carbonyl (C=O) groups is 1. The van der Waals surface area contributed by atoms with E-state index in [1.165, 1.54) is 5.56 Å². The van der Waals surface area contributed by atoms with Crippen LogP contribution in [0, 0.1) is 0 Å². The van der Waals surface area contributed by atoms with Gasteiger partial charge in [-0.15, -0.1) is 0 Å². The van der Waals surface area contributed by atoms with Gasteiger partial charge >= 0.3 is 5.97 Å². The predicted octanol–water partition coefficient (Wildman–Crippen LogP) is 1.86. The number of hydrogen-bond acceptors (Lipinski definition) is 5. The van der Waals surface area contributed by atoms with Gasteiger partial charge in [-0.1, -0.05) is 6.07 Å². The molecule has 0 aromatic heterocycles. The highest BCUT2D eigenvalue weighted by Gasteiger charge is 2.12. The van der Waals surface area contributed by atoms with Crippen molar-refractivity contribution in [2.45, 2.75) is 33.1 Å². The summed E-state index contributed by atoms with van der Waals surface area (Å²) in [6.07, 6.45) is 1.93. The zero-order chi connectivity index (χ0) is 17.9. The van der Waals surface area contributed by atoms with E-state index in [1.807, 2.05) is 32.0 Å². The van der Waals surface area contributed by atoms with Crippen LogP contribution < -0.4 is 20.1 Å². The first-order valence-electron chi connectivity index (χ1n) is 8.79. The number of hydrogen-bond donors (Lipinski definition) is 2. The fraction of sp³-hybridized carbons (Fsp3) is 0.556. The second-order valence-corrected chi connectivity index (χ2v) is 5.53. The van der Waals surface area contributed by atoms with Gasteiger partial charge in [0.05, 0.1) is 6.61 Å². The molecule has 1 heterocycles. The lowest BCUT2D eigenvalue weighted by Crippen LogP contribution is -2.38. The van der Waals surface area contributed by atoms with Crippen LogP contribution in [0.3, 0.4) is 0 Å². The maximum Gasteiger partial charge on any atom is 0.305 e. The summed E-state index contributed by atoms with van der Waals surface area (Å²) >= 11 is 0. The van der Waals surface area contributed by atoms with Crippen LogP contribution >= 0.6 is 0 Å². The Balaban J connectivity index is 1.73. The molecule has 0 saturated carbocycles. The molecule has 0 spiro atoms. The van der Waals surface area contributed by atoms with Gasteiger partial charge in [0.1, 0.15) is 0 Å². The first-order chi connectivity index (χ1) is 12.2. The number of guanidine groups is 1. The molecule has 0 fully saturated rings. The van der Waals surface area contributed by atoms with Crippen molar-refractivity contribution in [3.8, 4) is 11.5 Å². The molecule has 25 heavy (non-hydrogen) atoms. The molecule has 1 aliphatic rings. The van der Waals surface area contributed by atoms with E-state index in [9.17, 15) is 4.79 Å². The molecule has 1 aliphatic heterocycles. The van der Waals surface area contributed by atoms with E-state index in [2.05, 4.69) is 15.6 Å². The Bertz CT molecular complexity index is 590. The van der Waals surface area contributed by atoms with Crippen molar-refractivity contribution >= 4 is 11.9 Å². The van der Waals surface area contributed by atoms with Crippen LogP contribution in [-0.4, -0.2) is 45.0 Å². The van der Waals surface area contributed by atoms with E-state index in [1.54, 1.807) is 0 Å². The molecule has 7 heteroatoms. The van der Waals surface area contributed by atoms with Crippen molar-refractivity contribution in [3.63, 3.8) is 0 Å². The molecule has 7 nitrogen and oxygen atoms in total. The molecule has 138 valence electrons. The quantitative estimate of drug-likeness (QED) is 0.306. The van der Waals surface area contributed by atoms with Crippen LogP contribution in [0.2, 0.25) is 0 Å². The minimum Gasteiger partial charge on any atom is -0.466 e. The molecule has 0 unspecified atom stereocenters. The van der Waals surface area contributed by atoms with Gasteiger partial charge in [-0.3, -0.25) is 9.79 Å². The van der Waals surface area contributed by atoms with Crippen molar-refractivity contribution in [3.05, 3.63) is 23.8 Å². The number of nitrogens with zero attached hydrogens (tertiary/aromatic N) is 1. The van der Waals surface area contributed by atoms with Crippen molar-refractivity contribution < 1.29 is 19.0 Å². The van der Waals surface area contributed by atoms with E-state index in [-0.39, 0.29) is 5.97 Å². The van der Waals surface area contributed by atoms with Crippen LogP contribution in [0.1, 0.15) is 32.3 Å². The molecule has 1 aromatic carbocycles. The van der Waals surface area contributed by atoms with Gasteiger partial charge in [0.25, 0.3) is 0 Å². The molecule has 2 N–H and O–H groups in total. The first-order valence-corrected chi connectivity index (χ1v) is 8.79. The molecular formula is C18H27N3O4. The smallest absolute Gasteiger partial charge is 0.305 e. The molecule has 0 bridgehead atoms. The largest absolute Gasteiger partial charge is 0.466 e. The minimum absolute atomic E-state index is 0.168. The number of carbonyl (C=O) groups excluding carboxylic acids is 1. The lowest BCUT2D eigenvalue weighted by molar-refractivity contribution is -0.143. The van der Waals surface area contributed by atoms with E-state index < -0.39 is 0 Å². The highest BCUT2D eigenvalue weighted by molar-refractivity contribution is 5.79. The third kappa shape index (κ3) is 6.52. The third-order valence-electron chi connectivity index (χ3n) is 3.60. The van der Waals surface area contributed by atoms with Crippen LogP contribution in [0.25, 0.3) is 0 Å². The summed E-state index contributed by atoms with van der Waals surface area (Å²) in [6, 6.07) is 5.98. The second-order valence-electron chi connectivity index (χ2n) is 5.53. The minimum atomic E-state index is -0.168. The maximum atomic E-state index is 11.3. The number of fused-ring (bicyclic) bond motifs is 1. The average molecular weight is 349 g/mol. The molecule has 2 rings (SSSR count). The summed E-state index contributed by atoms with van der Waals surface area (Å²) in [5.41, 5.74) is 1.18. The molecule has 0 atom stereocenters. The van der Waals surface area contributed by atoms with Gasteiger partial charge < -0.3 is 24.8 Å². The topological polar surface area (TPSA) is 81.2 Å². The summed E-state index contributed by atoms with van der Waals surface area (Å²) in [6.45, 7) is 6.67. The Morgan fingerprint density at radius 1 is 1.24 bits per heavy atom. The second kappa shape index (κ2) is 10.4. The van der Waals surface area contributed by atoms with E-state index in [4.69, 9.17) is 14.2 Å². The number of nitrogens with one attached hydrogen (secondary N) is 2. The maximum absolute atomic E-state index is 11.3. The van der Waals surface area contributed by atoms with Crippen molar-refractivity contribution in [1.29, 1.82) is 0 Å². The zero-order valence-corrected chi connectivity index (χ0v) is 15.0. The SMILES string of the molecule is CCNC(=NCCCC(=O)OCC)NCCc1ccc2c(c1)OCO2. The van der Waals surface area contributed by atoms with Gasteiger partial charge in [0, 0.05) is 26.1 Å². The summed E-state index contributed by atoms with van der Waals surface area (Å²) in [4.78, 5) is 15.8. The van der Waals surface area contributed by atoms with E-state index >= 15 is 0 Å². The molecule has 0 saturated heterocycles. The Hall–Kier alpha value is -2.44. The van der Waals surface area contributed by atoms with Gasteiger partial charge in [-0.2, -0.15) is 0 Å². The lowest BCUT2D eigenvalue weighted by Gasteiger charge is -2.11. The zero-order valence-electron chi connectivity index (χ0n) is 15.0. The van der Waals surface area contributed by atoms with E-state index in [0.29, 0.717) is 32.8 Å². The van der Waals surface area contributed by atoms with Gasteiger partial charge in [0.15, 0.2) is 17.5 Å². The lowest BCUT2D eigenvalue weighted by atomic mass is 10.1. The Morgan fingerprint density at radius 3 is 2.88 bits per heavy atom. The molecule has 0 aliphatic carbocycles. The van der Waals surface area contributed by atoms with Crippen LogP contribution in [0.15, 0.2) is 23.2 Å². The number of ether oxygens (including phenoxy) is 3. The van der Waals surface area contributed by atoms with Crippen molar-refractivity contribution in [2.75, 3.05) is 33.0 Å². The third-order valence-corrected chi connectivity index (χ3v) is 3.60. The predicted molar refractivity (Wildman–Crippen MR) is 96.1 cm³/mol. The standard InChI is InChI=1S/C18H27N3O4/c1-3-19-18(20-10-5-6-17(22)23-4-2)21-11-9-14-7-8-15-16(12-14)25-13-24-15/h7-8,12H,3-6,9-11,13H2,1-2H3,(H2,19,20,21). The fourth-order valence-electron chi connectivity index (χ4n) is 2.41. The van der Waals surface area contributed by atoms with Crippen LogP contribution in [0.4, 0.5) is 0 Å². The number of esters is 1. The van der Waals surface area contributed by atoms with E-state index in [0.717, 1.165) is 37.0 Å². The van der Waals surface area contributed by atoms with Crippen LogP contribution in [0.5, 0.6) is 11.5 Å². The highest BCUT2D eigenvalue weighted by Crippen LogP contribution is 2.32. The monoisotopic (exact) mass is 349 g/mol. The molecule has 0 amide bonds. The van der Waals surface area contributed by atoms with Gasteiger partial charge in [0.2, 0.25) is 6.79 Å². The first kappa shape index (κ1) is 18.9. The van der Waals surface area contributed by atoms with Crippen molar-refractivity contribution in [2.24, 2.45) is 4.99 Å². The average Bonchev–Trinajstić information content (AvgIpc) is 3.06. The summed E-state index contributed by atoms with van der Waals surface area (Å²) in [5, 5.41) is 6.50. The van der Waals surface area contributed by atoms with Crippen LogP contribution in [-0.2, 0) is 16.0 Å². The molecule has 0 radical (unpaired) electrons. The normalized spacial score (nSPS) is 12.8. The number of benzene rings is 1. The van der Waals surface area contributed by atoms with Gasteiger partial charge in [-0.25, -0.2) is 0 Å².